The number of rotatable bonds is 7. The van der Waals surface area contributed by atoms with Crippen molar-refractivity contribution in [1.82, 2.24) is 0 Å². The first-order chi connectivity index (χ1) is 19.3. The van der Waals surface area contributed by atoms with Crippen molar-refractivity contribution in [3.8, 4) is 0 Å². The van der Waals surface area contributed by atoms with Crippen LogP contribution in [0.3, 0.4) is 0 Å². The van der Waals surface area contributed by atoms with Crippen molar-refractivity contribution in [2.45, 2.75) is 82.0 Å². The van der Waals surface area contributed by atoms with E-state index < -0.39 is 7.74 Å². The fourth-order valence-electron chi connectivity index (χ4n) is 2.59. The molecule has 6 heteroatoms. The van der Waals surface area contributed by atoms with Gasteiger partial charge in [0, 0.05) is 0 Å². The zero-order valence-electron chi connectivity index (χ0n) is 28.5. The molecule has 0 unspecified atom stereocenters. The molecule has 0 atom stereocenters. The van der Waals surface area contributed by atoms with Gasteiger partial charge in [0.15, 0.2) is 0 Å². The Morgan fingerprint density at radius 3 is 0.810 bits per heavy atom. The second-order valence-corrected chi connectivity index (χ2v) is 28.5. The minimum atomic E-state index is -0.637. The van der Waals surface area contributed by atoms with Crippen molar-refractivity contribution < 1.29 is 20.0 Å². The van der Waals surface area contributed by atoms with E-state index in [0.717, 1.165) is 36.7 Å². The van der Waals surface area contributed by atoms with Crippen LogP contribution in [-0.4, -0.2) is 27.4 Å². The van der Waals surface area contributed by atoms with Crippen LogP contribution in [0, 0.1) is 16.2 Å². The molecular weight excluding hydrogens is 626 g/mol. The van der Waals surface area contributed by atoms with E-state index in [4.69, 9.17) is 0 Å². The molecule has 0 saturated carbocycles. The SMILES string of the molecule is CC(C)(C)C[N-]c1ccccc1.CC(C)(C)C[N-]c1ccccc1.CC(C)(C)C[N-]c1ccccc1.C[Si](C)(C)[P]=[Nb]. The molecule has 0 aromatic heterocycles. The van der Waals surface area contributed by atoms with Gasteiger partial charge in [0.25, 0.3) is 0 Å². The first kappa shape index (κ1) is 40.3. The average Bonchev–Trinajstić information content (AvgIpc) is 2.91. The molecule has 233 valence electrons. The van der Waals surface area contributed by atoms with E-state index >= 15 is 0 Å². The third-order valence-corrected chi connectivity index (χ3v) is 20.4. The number of nitrogens with zero attached hydrogens (tertiary/aromatic N) is 3. The standard InChI is InChI=1S/3C11H16N.C3H9PSi.Nb/c3*1-11(2,3)9-12-10-7-5-4-6-8-10;1-5(2,3)4;/h3*4-8H,9H2,1-3H3;1-3H3;/q3*-1;;. The van der Waals surface area contributed by atoms with Crippen LogP contribution in [0.15, 0.2) is 91.0 Å². The van der Waals surface area contributed by atoms with Gasteiger partial charge < -0.3 is 16.0 Å². The average molecular weight is 684 g/mol. The summed E-state index contributed by atoms with van der Waals surface area (Å²) in [7, 11) is -0.637. The topological polar surface area (TPSA) is 42.3 Å². The first-order valence-corrected chi connectivity index (χ1v) is 23.0. The predicted molar refractivity (Wildman–Crippen MR) is 192 cm³/mol. The van der Waals surface area contributed by atoms with Crippen molar-refractivity contribution in [1.29, 1.82) is 0 Å². The van der Waals surface area contributed by atoms with Crippen molar-refractivity contribution in [3.05, 3.63) is 107 Å². The molecule has 3 rings (SSSR count). The number of para-hydroxylation sites is 3. The number of benzene rings is 3. The molecule has 42 heavy (non-hydrogen) atoms. The molecular formula is C36H57N3NbPSi-3. The van der Waals surface area contributed by atoms with E-state index in [-0.39, 0.29) is 16.2 Å². The summed E-state index contributed by atoms with van der Waals surface area (Å²) in [5.41, 5.74) is 5.76. The number of hydrogen-bond acceptors (Lipinski definition) is 0. The van der Waals surface area contributed by atoms with Gasteiger partial charge in [-0.25, -0.2) is 0 Å². The summed E-state index contributed by atoms with van der Waals surface area (Å²) in [4.78, 5) is 0. The van der Waals surface area contributed by atoms with Crippen LogP contribution in [0.1, 0.15) is 62.3 Å². The van der Waals surface area contributed by atoms with Crippen LogP contribution in [0.25, 0.3) is 16.0 Å². The van der Waals surface area contributed by atoms with Crippen LogP contribution in [0.2, 0.25) is 19.6 Å². The van der Waals surface area contributed by atoms with Gasteiger partial charge in [0.2, 0.25) is 0 Å². The third-order valence-electron chi connectivity index (χ3n) is 4.78. The Morgan fingerprint density at radius 1 is 0.476 bits per heavy atom. The van der Waals surface area contributed by atoms with Gasteiger partial charge in [0.05, 0.1) is 0 Å². The van der Waals surface area contributed by atoms with Gasteiger partial charge >= 0.3 is 53.0 Å². The van der Waals surface area contributed by atoms with Crippen LogP contribution < -0.4 is 0 Å². The van der Waals surface area contributed by atoms with E-state index in [1.807, 2.05) is 111 Å². The molecule has 3 nitrogen and oxygen atoms in total. The fourth-order valence-corrected chi connectivity index (χ4v) is 2.59. The molecule has 0 bridgehead atoms. The summed E-state index contributed by atoms with van der Waals surface area (Å²) < 4.78 is 0. The molecule has 0 saturated heterocycles. The van der Waals surface area contributed by atoms with Crippen molar-refractivity contribution in [2.75, 3.05) is 19.6 Å². The Bertz CT molecular complexity index is 939. The zero-order valence-corrected chi connectivity index (χ0v) is 32.6. The van der Waals surface area contributed by atoms with Crippen LogP contribution >= 0.6 is 5.56 Å². The zero-order chi connectivity index (χ0) is 32.3. The van der Waals surface area contributed by atoms with E-state index in [1.54, 1.807) is 5.56 Å². The summed E-state index contributed by atoms with van der Waals surface area (Å²) >= 11 is 1.93. The van der Waals surface area contributed by atoms with Gasteiger partial charge in [0.1, 0.15) is 0 Å². The van der Waals surface area contributed by atoms with Gasteiger partial charge in [-0.1, -0.05) is 170 Å². The van der Waals surface area contributed by atoms with Gasteiger partial charge in [-0.3, -0.25) is 0 Å². The summed E-state index contributed by atoms with van der Waals surface area (Å²) in [6, 6.07) is 30.3. The monoisotopic (exact) mass is 683 g/mol. The second kappa shape index (κ2) is 20.3. The Kier molecular flexibility index (Phi) is 19.5. The molecule has 0 aliphatic rings. The Labute approximate surface area is 273 Å². The summed E-state index contributed by atoms with van der Waals surface area (Å²) in [5, 5.41) is 13.4. The minimum absolute atomic E-state index is 0.288. The molecule has 0 aliphatic carbocycles. The van der Waals surface area contributed by atoms with Crippen molar-refractivity contribution in [2.24, 2.45) is 16.2 Å². The molecule has 0 spiro atoms. The second-order valence-electron chi connectivity index (χ2n) is 14.9. The maximum atomic E-state index is 4.48. The van der Waals surface area contributed by atoms with Crippen LogP contribution in [0.5, 0.6) is 0 Å². The molecule has 3 aromatic rings. The third kappa shape index (κ3) is 28.4. The maximum absolute atomic E-state index is 4.48. The van der Waals surface area contributed by atoms with E-state index in [2.05, 4.69) is 97.9 Å². The molecule has 0 amide bonds. The summed E-state index contributed by atoms with van der Waals surface area (Å²) in [6.07, 6.45) is 0. The van der Waals surface area contributed by atoms with E-state index in [1.165, 1.54) is 0 Å². The van der Waals surface area contributed by atoms with Crippen molar-refractivity contribution in [3.63, 3.8) is 0 Å². The van der Waals surface area contributed by atoms with E-state index in [0.29, 0.717) is 0 Å². The predicted octanol–water partition coefficient (Wildman–Crippen LogP) is 13.4. The van der Waals surface area contributed by atoms with Gasteiger partial charge in [-0.05, 0) is 0 Å². The normalized spacial score (nSPS) is 11.4. The summed E-state index contributed by atoms with van der Waals surface area (Å²) in [6.45, 7) is 29.5. The Morgan fingerprint density at radius 2 is 0.667 bits per heavy atom. The quantitative estimate of drug-likeness (QED) is 0.176. The molecule has 0 aliphatic heterocycles. The number of hydrogen-bond donors (Lipinski definition) is 0. The molecule has 0 N–H and O–H groups in total. The van der Waals surface area contributed by atoms with E-state index in [9.17, 15) is 0 Å². The molecule has 0 heterocycles. The molecule has 3 aromatic carbocycles. The van der Waals surface area contributed by atoms with Gasteiger partial charge in [-0.15, -0.1) is 36.7 Å². The van der Waals surface area contributed by atoms with Crippen LogP contribution in [-0.2, 0) is 20.0 Å². The summed E-state index contributed by atoms with van der Waals surface area (Å²) in [5.74, 6) is 0. The fraction of sp³-hybridized carbons (Fsp3) is 0.500. The van der Waals surface area contributed by atoms with Crippen LogP contribution in [0.4, 0.5) is 17.1 Å². The Balaban J connectivity index is 0.000000549. The molecule has 0 fully saturated rings. The first-order valence-electron chi connectivity index (χ1n) is 14.8. The van der Waals surface area contributed by atoms with Gasteiger partial charge in [-0.2, -0.15) is 0 Å². The molecule has 0 radical (unpaired) electrons. The van der Waals surface area contributed by atoms with Crippen molar-refractivity contribution >= 4 is 30.4 Å². The Hall–Kier alpha value is -1.68.